The van der Waals surface area contributed by atoms with E-state index in [0.29, 0.717) is 13.2 Å². The fourth-order valence-corrected chi connectivity index (χ4v) is 3.23. The van der Waals surface area contributed by atoms with E-state index in [1.807, 2.05) is 12.1 Å². The zero-order valence-corrected chi connectivity index (χ0v) is 15.4. The van der Waals surface area contributed by atoms with Crippen molar-refractivity contribution in [2.45, 2.75) is 44.8 Å². The zero-order valence-electron chi connectivity index (χ0n) is 15.4. The number of urea groups is 1. The first kappa shape index (κ1) is 18.4. The number of hydrogen-bond donors (Lipinski definition) is 2. The van der Waals surface area contributed by atoms with E-state index in [0.717, 1.165) is 18.4 Å². The number of benzene rings is 1. The highest BCUT2D eigenvalue weighted by Crippen LogP contribution is 2.27. The molecule has 5 heteroatoms. The molecule has 0 saturated carbocycles. The SMILES string of the molecule is Cc1ccc(C(C)CNC(=O)NC2CCOC(c3ccncc3)C2)cc1. The summed E-state index contributed by atoms with van der Waals surface area (Å²) in [5.41, 5.74) is 3.59. The molecule has 0 spiro atoms. The number of rotatable bonds is 5. The van der Waals surface area contributed by atoms with Crippen LogP contribution in [0.5, 0.6) is 0 Å². The minimum Gasteiger partial charge on any atom is -0.373 e. The molecule has 1 aliphatic heterocycles. The third-order valence-corrected chi connectivity index (χ3v) is 4.91. The first-order valence-corrected chi connectivity index (χ1v) is 9.24. The van der Waals surface area contributed by atoms with Crippen molar-refractivity contribution in [1.29, 1.82) is 0 Å². The molecule has 138 valence electrons. The summed E-state index contributed by atoms with van der Waals surface area (Å²) in [5.74, 6) is 0.278. The highest BCUT2D eigenvalue weighted by Gasteiger charge is 2.25. The predicted octanol–water partition coefficient (Wildman–Crippen LogP) is 3.71. The van der Waals surface area contributed by atoms with Crippen molar-refractivity contribution in [3.63, 3.8) is 0 Å². The van der Waals surface area contributed by atoms with Crippen molar-refractivity contribution in [3.8, 4) is 0 Å². The predicted molar refractivity (Wildman–Crippen MR) is 102 cm³/mol. The Bertz CT molecular complexity index is 703. The highest BCUT2D eigenvalue weighted by atomic mass is 16.5. The van der Waals surface area contributed by atoms with Gasteiger partial charge in [-0.3, -0.25) is 4.98 Å². The molecule has 1 fully saturated rings. The van der Waals surface area contributed by atoms with Crippen LogP contribution in [-0.2, 0) is 4.74 Å². The third-order valence-electron chi connectivity index (χ3n) is 4.91. The molecular weight excluding hydrogens is 326 g/mol. The van der Waals surface area contributed by atoms with Gasteiger partial charge >= 0.3 is 6.03 Å². The smallest absolute Gasteiger partial charge is 0.315 e. The van der Waals surface area contributed by atoms with Gasteiger partial charge in [0.25, 0.3) is 0 Å². The lowest BCUT2D eigenvalue weighted by molar-refractivity contribution is 0.00221. The topological polar surface area (TPSA) is 63.2 Å². The van der Waals surface area contributed by atoms with E-state index < -0.39 is 0 Å². The van der Waals surface area contributed by atoms with E-state index in [-0.39, 0.29) is 24.1 Å². The lowest BCUT2D eigenvalue weighted by atomic mass is 9.98. The molecule has 0 aliphatic carbocycles. The molecule has 3 unspecified atom stereocenters. The first-order valence-electron chi connectivity index (χ1n) is 9.24. The van der Waals surface area contributed by atoms with E-state index >= 15 is 0 Å². The average Bonchev–Trinajstić information content (AvgIpc) is 2.67. The lowest BCUT2D eigenvalue weighted by Crippen LogP contribution is -2.45. The molecule has 0 radical (unpaired) electrons. The molecule has 1 aromatic carbocycles. The van der Waals surface area contributed by atoms with Gasteiger partial charge in [0.15, 0.2) is 0 Å². The number of aryl methyl sites for hydroxylation is 1. The van der Waals surface area contributed by atoms with Gasteiger partial charge in [0, 0.05) is 31.6 Å². The minimum atomic E-state index is -0.107. The summed E-state index contributed by atoms with van der Waals surface area (Å²) in [5, 5.41) is 6.09. The van der Waals surface area contributed by atoms with E-state index in [2.05, 4.69) is 53.7 Å². The molecule has 5 nitrogen and oxygen atoms in total. The van der Waals surface area contributed by atoms with Crippen LogP contribution < -0.4 is 10.6 Å². The minimum absolute atomic E-state index is 0.0172. The van der Waals surface area contributed by atoms with Gasteiger partial charge in [-0.25, -0.2) is 4.79 Å². The number of pyridine rings is 1. The van der Waals surface area contributed by atoms with Gasteiger partial charge in [0.05, 0.1) is 6.10 Å². The van der Waals surface area contributed by atoms with Crippen molar-refractivity contribution < 1.29 is 9.53 Å². The van der Waals surface area contributed by atoms with E-state index in [1.165, 1.54) is 11.1 Å². The molecule has 1 saturated heterocycles. The van der Waals surface area contributed by atoms with Gasteiger partial charge in [-0.15, -0.1) is 0 Å². The number of carbonyl (C=O) groups excluding carboxylic acids is 1. The molecular formula is C21H27N3O2. The second kappa shape index (κ2) is 8.81. The largest absolute Gasteiger partial charge is 0.373 e. The summed E-state index contributed by atoms with van der Waals surface area (Å²) in [7, 11) is 0. The Balaban J connectivity index is 1.46. The van der Waals surface area contributed by atoms with Gasteiger partial charge in [0.2, 0.25) is 0 Å². The van der Waals surface area contributed by atoms with Gasteiger partial charge in [-0.2, -0.15) is 0 Å². The summed E-state index contributed by atoms with van der Waals surface area (Å²) in [6, 6.07) is 12.4. The monoisotopic (exact) mass is 353 g/mol. The number of nitrogens with one attached hydrogen (secondary N) is 2. The van der Waals surface area contributed by atoms with Crippen LogP contribution in [0.25, 0.3) is 0 Å². The zero-order chi connectivity index (χ0) is 18.4. The summed E-state index contributed by atoms with van der Waals surface area (Å²) in [6.45, 7) is 5.47. The average molecular weight is 353 g/mol. The van der Waals surface area contributed by atoms with Crippen molar-refractivity contribution in [2.75, 3.05) is 13.2 Å². The Hall–Kier alpha value is -2.40. The van der Waals surface area contributed by atoms with Gasteiger partial charge in [-0.05, 0) is 48.9 Å². The molecule has 1 aromatic heterocycles. The Morgan fingerprint density at radius 1 is 1.23 bits per heavy atom. The van der Waals surface area contributed by atoms with Gasteiger partial charge in [-0.1, -0.05) is 36.8 Å². The van der Waals surface area contributed by atoms with Crippen molar-refractivity contribution in [3.05, 3.63) is 65.5 Å². The Morgan fingerprint density at radius 3 is 2.69 bits per heavy atom. The number of amides is 2. The maximum atomic E-state index is 12.3. The number of ether oxygens (including phenoxy) is 1. The molecule has 2 aromatic rings. The molecule has 3 rings (SSSR count). The van der Waals surface area contributed by atoms with Crippen LogP contribution in [0.1, 0.15) is 48.5 Å². The summed E-state index contributed by atoms with van der Waals surface area (Å²) in [4.78, 5) is 16.3. The summed E-state index contributed by atoms with van der Waals surface area (Å²) in [6.07, 6.45) is 5.18. The van der Waals surface area contributed by atoms with Crippen LogP contribution >= 0.6 is 0 Å². The number of carbonyl (C=O) groups is 1. The summed E-state index contributed by atoms with van der Waals surface area (Å²) < 4.78 is 5.84. The first-order chi connectivity index (χ1) is 12.6. The third kappa shape index (κ3) is 5.05. The van der Waals surface area contributed by atoms with Gasteiger partial charge < -0.3 is 15.4 Å². The molecule has 26 heavy (non-hydrogen) atoms. The van der Waals surface area contributed by atoms with Crippen LogP contribution in [0, 0.1) is 6.92 Å². The standard InChI is InChI=1S/C21H27N3O2/c1-15-3-5-17(6-4-15)16(2)14-23-21(25)24-19-9-12-26-20(13-19)18-7-10-22-11-8-18/h3-8,10-11,16,19-20H,9,12-14H2,1-2H3,(H2,23,24,25). The molecule has 2 N–H and O–H groups in total. The van der Waals surface area contributed by atoms with E-state index in [9.17, 15) is 4.79 Å². The van der Waals surface area contributed by atoms with Crippen molar-refractivity contribution >= 4 is 6.03 Å². The van der Waals surface area contributed by atoms with Crippen LogP contribution in [0.15, 0.2) is 48.8 Å². The van der Waals surface area contributed by atoms with E-state index in [4.69, 9.17) is 4.74 Å². The number of aromatic nitrogens is 1. The Kier molecular flexibility index (Phi) is 6.23. The lowest BCUT2D eigenvalue weighted by Gasteiger charge is -2.30. The number of hydrogen-bond acceptors (Lipinski definition) is 3. The molecule has 3 atom stereocenters. The van der Waals surface area contributed by atoms with Crippen molar-refractivity contribution in [1.82, 2.24) is 15.6 Å². The second-order valence-corrected chi connectivity index (χ2v) is 7.03. The maximum absolute atomic E-state index is 12.3. The quantitative estimate of drug-likeness (QED) is 0.861. The normalized spacial score (nSPS) is 21.0. The fourth-order valence-electron chi connectivity index (χ4n) is 3.23. The van der Waals surface area contributed by atoms with Crippen LogP contribution in [0.3, 0.4) is 0 Å². The molecule has 1 aliphatic rings. The number of nitrogens with zero attached hydrogens (tertiary/aromatic N) is 1. The van der Waals surface area contributed by atoms with Crippen LogP contribution in [0.2, 0.25) is 0 Å². The second-order valence-electron chi connectivity index (χ2n) is 7.03. The fraction of sp³-hybridized carbons (Fsp3) is 0.429. The van der Waals surface area contributed by atoms with Crippen LogP contribution in [0.4, 0.5) is 4.79 Å². The summed E-state index contributed by atoms with van der Waals surface area (Å²) >= 11 is 0. The highest BCUT2D eigenvalue weighted by molar-refractivity contribution is 5.74. The molecule has 2 heterocycles. The van der Waals surface area contributed by atoms with E-state index in [1.54, 1.807) is 12.4 Å². The Morgan fingerprint density at radius 2 is 1.96 bits per heavy atom. The maximum Gasteiger partial charge on any atom is 0.315 e. The Labute approximate surface area is 155 Å². The molecule has 0 bridgehead atoms. The van der Waals surface area contributed by atoms with Gasteiger partial charge in [0.1, 0.15) is 0 Å². The molecule has 2 amide bonds. The van der Waals surface area contributed by atoms with Crippen molar-refractivity contribution in [2.24, 2.45) is 0 Å². The van der Waals surface area contributed by atoms with Crippen LogP contribution in [-0.4, -0.2) is 30.2 Å².